The first kappa shape index (κ1) is 14.9. The molecule has 0 spiro atoms. The molecule has 0 radical (unpaired) electrons. The number of likely N-dealkylation sites (N-methyl/N-ethyl adjacent to an activating group) is 1. The Morgan fingerprint density at radius 3 is 2.65 bits per heavy atom. The lowest BCUT2D eigenvalue weighted by Gasteiger charge is -2.34. The smallest absolute Gasteiger partial charge is 0.0623 e. The fourth-order valence-corrected chi connectivity index (χ4v) is 2.87. The third-order valence-corrected chi connectivity index (χ3v) is 4.04. The molecular weight excluding hydrogens is 212 g/mol. The molecule has 1 aliphatic heterocycles. The van der Waals surface area contributed by atoms with Crippen LogP contribution in [0.3, 0.4) is 0 Å². The van der Waals surface area contributed by atoms with Crippen LogP contribution in [0.1, 0.15) is 46.5 Å². The van der Waals surface area contributed by atoms with Crippen molar-refractivity contribution in [3.05, 3.63) is 0 Å². The average Bonchev–Trinajstić information content (AvgIpc) is 2.54. The van der Waals surface area contributed by atoms with Crippen molar-refractivity contribution in [2.24, 2.45) is 5.92 Å². The van der Waals surface area contributed by atoms with Crippen LogP contribution in [0.5, 0.6) is 0 Å². The van der Waals surface area contributed by atoms with Crippen molar-refractivity contribution in [1.82, 2.24) is 10.2 Å². The molecule has 3 nitrogen and oxygen atoms in total. The minimum absolute atomic E-state index is 0.138. The molecular formula is C14H30N2O. The van der Waals surface area contributed by atoms with Gasteiger partial charge >= 0.3 is 0 Å². The second-order valence-corrected chi connectivity index (χ2v) is 5.73. The number of nitrogens with zero attached hydrogens (tertiary/aromatic N) is 1. The van der Waals surface area contributed by atoms with Gasteiger partial charge in [-0.15, -0.1) is 0 Å². The molecule has 0 bridgehead atoms. The molecule has 0 aromatic rings. The maximum absolute atomic E-state index is 9.53. The van der Waals surface area contributed by atoms with Crippen molar-refractivity contribution < 1.29 is 5.11 Å². The van der Waals surface area contributed by atoms with Gasteiger partial charge in [0.1, 0.15) is 0 Å². The molecule has 0 aliphatic carbocycles. The molecule has 3 heteroatoms. The van der Waals surface area contributed by atoms with Crippen LogP contribution in [0.25, 0.3) is 0 Å². The van der Waals surface area contributed by atoms with E-state index in [1.165, 1.54) is 38.8 Å². The average molecular weight is 242 g/mol. The van der Waals surface area contributed by atoms with Crippen LogP contribution >= 0.6 is 0 Å². The van der Waals surface area contributed by atoms with Crippen LogP contribution < -0.4 is 5.32 Å². The number of likely N-dealkylation sites (tertiary alicyclic amines) is 1. The number of nitrogens with one attached hydrogen (secondary N) is 1. The van der Waals surface area contributed by atoms with Gasteiger partial charge in [0, 0.05) is 6.54 Å². The van der Waals surface area contributed by atoms with Crippen molar-refractivity contribution in [3.8, 4) is 0 Å². The summed E-state index contributed by atoms with van der Waals surface area (Å²) in [5, 5.41) is 12.9. The van der Waals surface area contributed by atoms with Gasteiger partial charge in [0.25, 0.3) is 0 Å². The molecule has 1 aliphatic rings. The molecule has 17 heavy (non-hydrogen) atoms. The van der Waals surface area contributed by atoms with Crippen LogP contribution in [0, 0.1) is 5.92 Å². The maximum Gasteiger partial charge on any atom is 0.0623 e. The van der Waals surface area contributed by atoms with Crippen molar-refractivity contribution in [2.75, 3.05) is 32.8 Å². The van der Waals surface area contributed by atoms with Gasteiger partial charge in [-0.05, 0) is 51.7 Å². The minimum atomic E-state index is -0.138. The van der Waals surface area contributed by atoms with E-state index >= 15 is 0 Å². The minimum Gasteiger partial charge on any atom is -0.394 e. The number of hydrogen-bond donors (Lipinski definition) is 2. The van der Waals surface area contributed by atoms with E-state index in [0.29, 0.717) is 0 Å². The maximum atomic E-state index is 9.53. The predicted molar refractivity (Wildman–Crippen MR) is 73.2 cm³/mol. The lowest BCUT2D eigenvalue weighted by Crippen LogP contribution is -2.54. The van der Waals surface area contributed by atoms with Crippen LogP contribution in [0.15, 0.2) is 0 Å². The van der Waals surface area contributed by atoms with Crippen LogP contribution in [-0.2, 0) is 0 Å². The molecule has 0 amide bonds. The number of hydrogen-bond acceptors (Lipinski definition) is 3. The lowest BCUT2D eigenvalue weighted by atomic mass is 9.98. The Bertz CT molecular complexity index is 210. The van der Waals surface area contributed by atoms with Crippen LogP contribution in [0.4, 0.5) is 0 Å². The van der Waals surface area contributed by atoms with E-state index in [0.717, 1.165) is 19.0 Å². The fraction of sp³-hybridized carbons (Fsp3) is 1.00. The zero-order valence-electron chi connectivity index (χ0n) is 11.8. The van der Waals surface area contributed by atoms with Gasteiger partial charge in [-0.25, -0.2) is 0 Å². The second kappa shape index (κ2) is 7.34. The molecule has 0 aromatic carbocycles. The van der Waals surface area contributed by atoms with Gasteiger partial charge in [-0.1, -0.05) is 20.3 Å². The van der Waals surface area contributed by atoms with Gasteiger partial charge in [0.05, 0.1) is 12.1 Å². The van der Waals surface area contributed by atoms with Gasteiger partial charge in [-0.3, -0.25) is 0 Å². The molecule has 1 heterocycles. The van der Waals surface area contributed by atoms with Crippen molar-refractivity contribution >= 4 is 0 Å². The summed E-state index contributed by atoms with van der Waals surface area (Å²) < 4.78 is 0. The molecule has 0 saturated carbocycles. The highest BCUT2D eigenvalue weighted by molar-refractivity contribution is 4.86. The van der Waals surface area contributed by atoms with Gasteiger partial charge in [0.15, 0.2) is 0 Å². The van der Waals surface area contributed by atoms with E-state index < -0.39 is 0 Å². The first-order valence-electron chi connectivity index (χ1n) is 7.21. The molecule has 2 N–H and O–H groups in total. The molecule has 0 aromatic heterocycles. The molecule has 2 unspecified atom stereocenters. The molecule has 2 atom stereocenters. The fourth-order valence-electron chi connectivity index (χ4n) is 2.87. The van der Waals surface area contributed by atoms with Crippen molar-refractivity contribution in [1.29, 1.82) is 0 Å². The summed E-state index contributed by atoms with van der Waals surface area (Å²) in [6.45, 7) is 11.0. The number of rotatable bonds is 6. The third kappa shape index (κ3) is 4.94. The third-order valence-electron chi connectivity index (χ3n) is 4.04. The zero-order chi connectivity index (χ0) is 12.7. The van der Waals surface area contributed by atoms with E-state index in [4.69, 9.17) is 0 Å². The normalized spacial score (nSPS) is 26.5. The summed E-state index contributed by atoms with van der Waals surface area (Å²) in [4.78, 5) is 2.52. The quantitative estimate of drug-likeness (QED) is 0.746. The van der Waals surface area contributed by atoms with E-state index in [9.17, 15) is 5.11 Å². The summed E-state index contributed by atoms with van der Waals surface area (Å²) in [6, 6.07) is 0. The highest BCUT2D eigenvalue weighted by Crippen LogP contribution is 2.21. The Balaban J connectivity index is 2.44. The highest BCUT2D eigenvalue weighted by atomic mass is 16.3. The SMILES string of the molecule is CCNC(C)(CO)CN1CCCC(CC)CC1. The molecule has 1 fully saturated rings. The molecule has 1 rings (SSSR count). The Morgan fingerprint density at radius 1 is 1.29 bits per heavy atom. The highest BCUT2D eigenvalue weighted by Gasteiger charge is 2.26. The summed E-state index contributed by atoms with van der Waals surface area (Å²) in [7, 11) is 0. The Labute approximate surface area is 107 Å². The molecule has 1 saturated heterocycles. The lowest BCUT2D eigenvalue weighted by molar-refractivity contribution is 0.122. The van der Waals surface area contributed by atoms with Crippen molar-refractivity contribution in [3.63, 3.8) is 0 Å². The summed E-state index contributed by atoms with van der Waals surface area (Å²) in [6.07, 6.45) is 5.33. The summed E-state index contributed by atoms with van der Waals surface area (Å²) in [5.74, 6) is 0.916. The summed E-state index contributed by atoms with van der Waals surface area (Å²) in [5.41, 5.74) is -0.138. The van der Waals surface area contributed by atoms with Crippen LogP contribution in [-0.4, -0.2) is 48.3 Å². The first-order chi connectivity index (χ1) is 8.13. The van der Waals surface area contributed by atoms with Gasteiger partial charge in [-0.2, -0.15) is 0 Å². The zero-order valence-corrected chi connectivity index (χ0v) is 11.8. The van der Waals surface area contributed by atoms with Crippen molar-refractivity contribution in [2.45, 2.75) is 52.0 Å². The number of aliphatic hydroxyl groups excluding tert-OH is 1. The summed E-state index contributed by atoms with van der Waals surface area (Å²) >= 11 is 0. The van der Waals surface area contributed by atoms with E-state index in [2.05, 4.69) is 31.0 Å². The Morgan fingerprint density at radius 2 is 2.06 bits per heavy atom. The van der Waals surface area contributed by atoms with Gasteiger partial charge in [0.2, 0.25) is 0 Å². The monoisotopic (exact) mass is 242 g/mol. The van der Waals surface area contributed by atoms with E-state index in [1.54, 1.807) is 0 Å². The predicted octanol–water partition coefficient (Wildman–Crippen LogP) is 1.86. The Kier molecular flexibility index (Phi) is 6.45. The topological polar surface area (TPSA) is 35.5 Å². The van der Waals surface area contributed by atoms with E-state index in [-0.39, 0.29) is 12.1 Å². The van der Waals surface area contributed by atoms with Gasteiger partial charge < -0.3 is 15.3 Å². The standard InChI is InChI=1S/C14H30N2O/c1-4-13-7-6-9-16(10-8-13)11-14(3,12-17)15-5-2/h13,15,17H,4-12H2,1-3H3. The largest absolute Gasteiger partial charge is 0.394 e. The van der Waals surface area contributed by atoms with Crippen LogP contribution in [0.2, 0.25) is 0 Å². The Hall–Kier alpha value is -0.120. The second-order valence-electron chi connectivity index (χ2n) is 5.73. The molecule has 102 valence electrons. The first-order valence-corrected chi connectivity index (χ1v) is 7.21. The van der Waals surface area contributed by atoms with E-state index in [1.807, 2.05) is 0 Å². The number of aliphatic hydroxyl groups is 1.